The number of fused-ring (bicyclic) bond motifs is 6. The summed E-state index contributed by atoms with van der Waals surface area (Å²) >= 11 is 0. The smallest absolute Gasteiger partial charge is 0.390 e. The van der Waals surface area contributed by atoms with Crippen LogP contribution in [0.25, 0.3) is 55.0 Å². The highest BCUT2D eigenvalue weighted by atomic mass is 31.1. The van der Waals surface area contributed by atoms with Crippen molar-refractivity contribution in [2.75, 3.05) is 0 Å². The normalized spacial score (nSPS) is 13.2. The molecule has 2 unspecified atom stereocenters. The quantitative estimate of drug-likeness (QED) is 0.171. The van der Waals surface area contributed by atoms with Crippen LogP contribution in [0.2, 0.25) is 0 Å². The molecule has 6 aromatic carbocycles. The van der Waals surface area contributed by atoms with Gasteiger partial charge in [-0.25, -0.2) is 0 Å². The molecule has 0 radical (unpaired) electrons. The van der Waals surface area contributed by atoms with Crippen LogP contribution in [-0.4, -0.2) is 0 Å². The predicted molar refractivity (Wildman–Crippen MR) is 299 cm³/mol. The second kappa shape index (κ2) is 17.8. The molecule has 0 aliphatic carbocycles. The van der Waals surface area contributed by atoms with Gasteiger partial charge in [-0.05, 0) is 159 Å². The van der Waals surface area contributed by atoms with Gasteiger partial charge in [0.2, 0.25) is 0 Å². The Morgan fingerprint density at radius 1 is 0.343 bits per heavy atom. The van der Waals surface area contributed by atoms with Gasteiger partial charge in [-0.15, -0.1) is 0 Å². The molecule has 8 heteroatoms. The van der Waals surface area contributed by atoms with Crippen LogP contribution in [0.15, 0.2) is 77.5 Å². The Bertz CT molecular complexity index is 3290. The summed E-state index contributed by atoms with van der Waals surface area (Å²) in [4.78, 5) is 0. The fourth-order valence-electron chi connectivity index (χ4n) is 10.6. The minimum atomic E-state index is -2.06. The Morgan fingerprint density at radius 2 is 0.643 bits per heavy atom. The molecule has 370 valence electrons. The lowest BCUT2D eigenvalue weighted by Gasteiger charge is -2.26. The summed E-state index contributed by atoms with van der Waals surface area (Å²) in [6, 6.07) is 20.8. The zero-order chi connectivity index (χ0) is 51.5. The zero-order valence-electron chi connectivity index (χ0n) is 46.1. The van der Waals surface area contributed by atoms with E-state index in [9.17, 15) is 0 Å². The van der Waals surface area contributed by atoms with Crippen LogP contribution >= 0.6 is 16.5 Å². The van der Waals surface area contributed by atoms with Crippen molar-refractivity contribution in [3.05, 3.63) is 139 Å². The molecule has 6 nitrogen and oxygen atoms in total. The number of hydrogen-bond acceptors (Lipinski definition) is 6. The van der Waals surface area contributed by atoms with Crippen LogP contribution in [0.3, 0.4) is 0 Å². The maximum Gasteiger partial charge on any atom is 0.453 e. The third-order valence-corrected chi connectivity index (χ3v) is 17.0. The molecule has 8 aromatic rings. The minimum absolute atomic E-state index is 0.233. The standard InChI is InChI=1S/C62H76O6P2/c1-33-31-45(59(11,12)13)55-49(35(33)3)51-39(7)37(5)41(9)53(61(17,18)19)57(51)67-69(65-55)63-47-29-25-23-27-43(47)44-28-24-26-30-48(44)64-70-66-56-46(60(14,15)16)32-34(2)36(4)50(56)52-40(8)38(6)42(10)54(58(52)68-70)62(20,21)22/h23-32H,1-22H3. The van der Waals surface area contributed by atoms with Crippen molar-refractivity contribution in [1.29, 1.82) is 0 Å². The molecule has 0 saturated carbocycles. The van der Waals surface area contributed by atoms with Crippen molar-refractivity contribution in [3.63, 3.8) is 0 Å². The minimum Gasteiger partial charge on any atom is -0.390 e. The Kier molecular flexibility index (Phi) is 13.0. The van der Waals surface area contributed by atoms with E-state index in [0.717, 1.165) is 77.3 Å². The molecule has 2 aromatic heterocycles. The van der Waals surface area contributed by atoms with E-state index in [1.807, 2.05) is 36.4 Å². The van der Waals surface area contributed by atoms with E-state index in [1.54, 1.807) is 0 Å². The maximum atomic E-state index is 7.28. The first kappa shape index (κ1) is 51.1. The van der Waals surface area contributed by atoms with Crippen LogP contribution in [0, 0.1) is 69.2 Å². The average molecular weight is 979 g/mol. The van der Waals surface area contributed by atoms with Gasteiger partial charge in [0.15, 0.2) is 0 Å². The van der Waals surface area contributed by atoms with Crippen molar-refractivity contribution >= 4 is 60.4 Å². The van der Waals surface area contributed by atoms with E-state index >= 15 is 0 Å². The highest BCUT2D eigenvalue weighted by Gasteiger charge is 2.32. The Balaban J connectivity index is 1.42. The Hall–Kier alpha value is -5.28. The van der Waals surface area contributed by atoms with Crippen molar-refractivity contribution in [3.8, 4) is 22.6 Å². The van der Waals surface area contributed by atoms with E-state index in [4.69, 9.17) is 25.8 Å². The van der Waals surface area contributed by atoms with Crippen molar-refractivity contribution < 1.29 is 25.8 Å². The van der Waals surface area contributed by atoms with E-state index < -0.39 is 16.5 Å². The van der Waals surface area contributed by atoms with Gasteiger partial charge in [0.1, 0.15) is 33.8 Å². The molecule has 70 heavy (non-hydrogen) atoms. The van der Waals surface area contributed by atoms with Crippen LogP contribution in [0.1, 0.15) is 161 Å². The first-order chi connectivity index (χ1) is 32.4. The van der Waals surface area contributed by atoms with Crippen LogP contribution in [0.5, 0.6) is 11.5 Å². The fourth-order valence-corrected chi connectivity index (χ4v) is 12.8. The molecular weight excluding hydrogens is 903 g/mol. The summed E-state index contributed by atoms with van der Waals surface area (Å²) in [6.07, 6.45) is 0. The average Bonchev–Trinajstić information content (AvgIpc) is 3.51. The molecule has 8 rings (SSSR count). The second-order valence-electron chi connectivity index (χ2n) is 24.0. The first-order valence-corrected chi connectivity index (χ1v) is 27.1. The lowest BCUT2D eigenvalue weighted by atomic mass is 9.78. The molecule has 2 atom stereocenters. The second-order valence-corrected chi connectivity index (χ2v) is 26.0. The van der Waals surface area contributed by atoms with E-state index in [1.165, 1.54) is 55.6 Å². The van der Waals surface area contributed by atoms with Gasteiger partial charge < -0.3 is 25.8 Å². The molecule has 0 aliphatic heterocycles. The molecular formula is C62H76O6P2. The molecule has 0 N–H and O–H groups in total. The molecule has 2 heterocycles. The van der Waals surface area contributed by atoms with Crippen LogP contribution in [-0.2, 0) is 21.7 Å². The first-order valence-electron chi connectivity index (χ1n) is 24.9. The number of rotatable bonds is 5. The lowest BCUT2D eigenvalue weighted by Crippen LogP contribution is -2.15. The molecule has 0 spiro atoms. The van der Waals surface area contributed by atoms with E-state index in [-0.39, 0.29) is 21.7 Å². The van der Waals surface area contributed by atoms with Crippen LogP contribution < -0.4 is 9.05 Å². The number of hydrogen-bond donors (Lipinski definition) is 0. The fraction of sp³-hybridized carbons (Fsp3) is 0.419. The van der Waals surface area contributed by atoms with E-state index in [2.05, 4.69) is 177 Å². The molecule has 0 bridgehead atoms. The summed E-state index contributed by atoms with van der Waals surface area (Å²) < 4.78 is 43.4. The van der Waals surface area contributed by atoms with Gasteiger partial charge in [0.25, 0.3) is 0 Å². The summed E-state index contributed by atoms with van der Waals surface area (Å²) in [6.45, 7) is 49.2. The van der Waals surface area contributed by atoms with Gasteiger partial charge in [0.05, 0.1) is 0 Å². The maximum absolute atomic E-state index is 7.28. The third kappa shape index (κ3) is 8.81. The summed E-state index contributed by atoms with van der Waals surface area (Å²) in [5.41, 5.74) is 20.7. The summed E-state index contributed by atoms with van der Waals surface area (Å²) in [5.74, 6) is 1.22. The van der Waals surface area contributed by atoms with Gasteiger partial charge in [-0.2, -0.15) is 0 Å². The van der Waals surface area contributed by atoms with Crippen LogP contribution in [0.4, 0.5) is 0 Å². The highest BCUT2D eigenvalue weighted by Crippen LogP contribution is 2.52. The zero-order valence-corrected chi connectivity index (χ0v) is 47.9. The summed E-state index contributed by atoms with van der Waals surface area (Å²) in [5, 5.41) is 4.32. The lowest BCUT2D eigenvalue weighted by molar-refractivity contribution is 0.484. The molecule has 0 saturated heterocycles. The predicted octanol–water partition coefficient (Wildman–Crippen LogP) is 20.5. The number of benzene rings is 6. The van der Waals surface area contributed by atoms with Gasteiger partial charge in [-0.3, -0.25) is 0 Å². The van der Waals surface area contributed by atoms with E-state index in [0.29, 0.717) is 11.5 Å². The number of aryl methyl sites for hydroxylation is 6. The van der Waals surface area contributed by atoms with Gasteiger partial charge >= 0.3 is 16.5 Å². The SMILES string of the molecule is Cc1cc(C(C)(C)C)c2op(Oc3ccccc3-c3ccccc3Op3oc4c(C(C)(C)C)cc(C)c(C)c4c4c(C)c(C)c(C)c(C(C)(C)C)c4o3)oc3c(C(C)(C)C)c(C)c(C)c(C)c3c2c1C. The monoisotopic (exact) mass is 979 g/mol. The molecule has 0 aliphatic rings. The Labute approximate surface area is 419 Å². The summed E-state index contributed by atoms with van der Waals surface area (Å²) in [7, 11) is -4.11. The molecule has 0 amide bonds. The largest absolute Gasteiger partial charge is 0.453 e. The van der Waals surface area contributed by atoms with Crippen molar-refractivity contribution in [1.82, 2.24) is 0 Å². The van der Waals surface area contributed by atoms with Gasteiger partial charge in [0, 0.05) is 54.9 Å². The molecule has 0 fully saturated rings. The van der Waals surface area contributed by atoms with Gasteiger partial charge in [-0.1, -0.05) is 132 Å². The number of para-hydroxylation sites is 2. The van der Waals surface area contributed by atoms with Crippen molar-refractivity contribution in [2.24, 2.45) is 0 Å². The van der Waals surface area contributed by atoms with Crippen molar-refractivity contribution in [2.45, 2.75) is 174 Å². The third-order valence-electron chi connectivity index (χ3n) is 14.9. The topological polar surface area (TPSA) is 71.0 Å². The Morgan fingerprint density at radius 3 is 0.957 bits per heavy atom. The highest BCUT2D eigenvalue weighted by molar-refractivity contribution is 7.32.